The Balaban J connectivity index is 2.04. The highest BCUT2D eigenvalue weighted by Gasteiger charge is 2.25. The van der Waals surface area contributed by atoms with Crippen molar-refractivity contribution in [3.05, 3.63) is 24.3 Å². The van der Waals surface area contributed by atoms with Crippen molar-refractivity contribution in [3.63, 3.8) is 0 Å². The molecule has 7 heteroatoms. The molecule has 5 nitrogen and oxygen atoms in total. The van der Waals surface area contributed by atoms with Gasteiger partial charge in [0.1, 0.15) is 5.75 Å². The van der Waals surface area contributed by atoms with E-state index in [1.165, 1.54) is 4.31 Å². The molecule has 20 heavy (non-hydrogen) atoms. The molecule has 1 saturated heterocycles. The number of rotatable bonds is 6. The van der Waals surface area contributed by atoms with Crippen LogP contribution in [0.4, 0.5) is 0 Å². The standard InChI is InChI=1S/C13H19NO4S2/c15-8-1-9-18-12-2-4-13(5-3-12)20(16,17)14-6-10-19-11-7-14/h2-5,15H,1,6-11H2. The van der Waals surface area contributed by atoms with E-state index < -0.39 is 10.0 Å². The van der Waals surface area contributed by atoms with Gasteiger partial charge in [-0.2, -0.15) is 16.1 Å². The number of hydrogen-bond acceptors (Lipinski definition) is 5. The summed E-state index contributed by atoms with van der Waals surface area (Å²) in [5.41, 5.74) is 0. The summed E-state index contributed by atoms with van der Waals surface area (Å²) in [5, 5.41) is 8.67. The van der Waals surface area contributed by atoms with Crippen LogP contribution >= 0.6 is 11.8 Å². The summed E-state index contributed by atoms with van der Waals surface area (Å²) in [7, 11) is -3.38. The van der Waals surface area contributed by atoms with Crippen LogP contribution in [0.1, 0.15) is 6.42 Å². The van der Waals surface area contributed by atoms with E-state index in [0.717, 1.165) is 11.5 Å². The van der Waals surface area contributed by atoms with Crippen LogP contribution in [0.5, 0.6) is 5.75 Å². The van der Waals surface area contributed by atoms with Gasteiger partial charge in [0.2, 0.25) is 10.0 Å². The van der Waals surface area contributed by atoms with Crippen molar-refractivity contribution in [1.29, 1.82) is 0 Å². The Morgan fingerprint density at radius 2 is 1.85 bits per heavy atom. The lowest BCUT2D eigenvalue weighted by Gasteiger charge is -2.25. The quantitative estimate of drug-likeness (QED) is 0.798. The minimum atomic E-state index is -3.38. The minimum Gasteiger partial charge on any atom is -0.494 e. The lowest BCUT2D eigenvalue weighted by Crippen LogP contribution is -2.37. The molecular formula is C13H19NO4S2. The molecule has 0 unspecified atom stereocenters. The monoisotopic (exact) mass is 317 g/mol. The molecule has 0 atom stereocenters. The summed E-state index contributed by atoms with van der Waals surface area (Å²) in [6.45, 7) is 1.65. The molecule has 0 aromatic heterocycles. The second-order valence-electron chi connectivity index (χ2n) is 4.41. The highest BCUT2D eigenvalue weighted by atomic mass is 32.2. The molecule has 0 spiro atoms. The molecule has 1 aromatic carbocycles. The second kappa shape index (κ2) is 7.31. The Labute approximate surface area is 124 Å². The van der Waals surface area contributed by atoms with Crippen LogP contribution in [0.3, 0.4) is 0 Å². The minimum absolute atomic E-state index is 0.0828. The van der Waals surface area contributed by atoms with Gasteiger partial charge in [0.05, 0.1) is 11.5 Å². The smallest absolute Gasteiger partial charge is 0.243 e. The van der Waals surface area contributed by atoms with Crippen molar-refractivity contribution in [2.24, 2.45) is 0 Å². The van der Waals surface area contributed by atoms with Gasteiger partial charge in [-0.15, -0.1) is 0 Å². The first-order chi connectivity index (χ1) is 9.64. The zero-order chi connectivity index (χ0) is 14.4. The van der Waals surface area contributed by atoms with E-state index in [4.69, 9.17) is 9.84 Å². The van der Waals surface area contributed by atoms with Gasteiger partial charge < -0.3 is 9.84 Å². The average molecular weight is 317 g/mol. The summed E-state index contributed by atoms with van der Waals surface area (Å²) in [5.74, 6) is 2.31. The predicted molar refractivity (Wildman–Crippen MR) is 79.7 cm³/mol. The molecule has 0 amide bonds. The van der Waals surface area contributed by atoms with Gasteiger partial charge in [-0.1, -0.05) is 0 Å². The maximum Gasteiger partial charge on any atom is 0.243 e. The molecule has 0 saturated carbocycles. The van der Waals surface area contributed by atoms with E-state index in [2.05, 4.69) is 0 Å². The van der Waals surface area contributed by atoms with Crippen molar-refractivity contribution >= 4 is 21.8 Å². The Hall–Kier alpha value is -0.760. The lowest BCUT2D eigenvalue weighted by molar-refractivity contribution is 0.233. The predicted octanol–water partition coefficient (Wildman–Crippen LogP) is 1.19. The van der Waals surface area contributed by atoms with Crippen molar-refractivity contribution in [2.75, 3.05) is 37.8 Å². The number of benzene rings is 1. The summed E-state index contributed by atoms with van der Waals surface area (Å²) < 4.78 is 31.7. The van der Waals surface area contributed by atoms with E-state index >= 15 is 0 Å². The summed E-state index contributed by atoms with van der Waals surface area (Å²) in [4.78, 5) is 0.305. The first-order valence-electron chi connectivity index (χ1n) is 6.56. The van der Waals surface area contributed by atoms with Gasteiger partial charge in [0.25, 0.3) is 0 Å². The number of sulfonamides is 1. The molecule has 1 aliphatic rings. The van der Waals surface area contributed by atoms with Gasteiger partial charge in [0, 0.05) is 37.6 Å². The summed E-state index contributed by atoms with van der Waals surface area (Å²) in [6, 6.07) is 6.46. The first kappa shape index (κ1) is 15.6. The molecule has 0 radical (unpaired) electrons. The van der Waals surface area contributed by atoms with Crippen LogP contribution in [-0.4, -0.2) is 55.6 Å². The summed E-state index contributed by atoms with van der Waals surface area (Å²) in [6.07, 6.45) is 0.561. The van der Waals surface area contributed by atoms with Crippen LogP contribution in [0, 0.1) is 0 Å². The molecule has 2 rings (SSSR count). The highest BCUT2D eigenvalue weighted by molar-refractivity contribution is 7.99. The lowest BCUT2D eigenvalue weighted by atomic mass is 10.3. The highest BCUT2D eigenvalue weighted by Crippen LogP contribution is 2.22. The van der Waals surface area contributed by atoms with Crippen molar-refractivity contribution in [3.8, 4) is 5.75 Å². The van der Waals surface area contributed by atoms with E-state index in [0.29, 0.717) is 36.8 Å². The van der Waals surface area contributed by atoms with E-state index in [1.54, 1.807) is 36.0 Å². The number of thioether (sulfide) groups is 1. The molecule has 1 heterocycles. The largest absolute Gasteiger partial charge is 0.494 e. The molecule has 0 aliphatic carbocycles. The zero-order valence-electron chi connectivity index (χ0n) is 11.2. The van der Waals surface area contributed by atoms with Gasteiger partial charge in [-0.05, 0) is 24.3 Å². The molecule has 1 aliphatic heterocycles. The number of aliphatic hydroxyl groups excluding tert-OH is 1. The summed E-state index contributed by atoms with van der Waals surface area (Å²) >= 11 is 1.78. The zero-order valence-corrected chi connectivity index (χ0v) is 12.8. The average Bonchev–Trinajstić information content (AvgIpc) is 2.49. The van der Waals surface area contributed by atoms with Crippen LogP contribution in [0.15, 0.2) is 29.2 Å². The molecule has 1 aromatic rings. The maximum atomic E-state index is 12.4. The van der Waals surface area contributed by atoms with Gasteiger partial charge in [0.15, 0.2) is 0 Å². The van der Waals surface area contributed by atoms with Crippen molar-refractivity contribution < 1.29 is 18.3 Å². The Kier molecular flexibility index (Phi) is 5.71. The van der Waals surface area contributed by atoms with Crippen LogP contribution in [0.2, 0.25) is 0 Å². The van der Waals surface area contributed by atoms with Gasteiger partial charge in [-0.25, -0.2) is 8.42 Å². The third kappa shape index (κ3) is 3.88. The van der Waals surface area contributed by atoms with Crippen LogP contribution in [0.25, 0.3) is 0 Å². The normalized spacial score (nSPS) is 17.1. The Morgan fingerprint density at radius 1 is 1.20 bits per heavy atom. The second-order valence-corrected chi connectivity index (χ2v) is 7.58. The van der Waals surface area contributed by atoms with Crippen molar-refractivity contribution in [2.45, 2.75) is 11.3 Å². The van der Waals surface area contributed by atoms with E-state index in [-0.39, 0.29) is 6.61 Å². The van der Waals surface area contributed by atoms with E-state index in [1.807, 2.05) is 0 Å². The third-order valence-corrected chi connectivity index (χ3v) is 5.86. The Morgan fingerprint density at radius 3 is 2.45 bits per heavy atom. The fraction of sp³-hybridized carbons (Fsp3) is 0.538. The molecule has 112 valence electrons. The van der Waals surface area contributed by atoms with E-state index in [9.17, 15) is 8.42 Å². The fourth-order valence-electron chi connectivity index (χ4n) is 1.90. The topological polar surface area (TPSA) is 66.8 Å². The van der Waals surface area contributed by atoms with Crippen LogP contribution < -0.4 is 4.74 Å². The van der Waals surface area contributed by atoms with Crippen LogP contribution in [-0.2, 0) is 10.0 Å². The third-order valence-electron chi connectivity index (χ3n) is 3.00. The van der Waals surface area contributed by atoms with Crippen molar-refractivity contribution in [1.82, 2.24) is 4.31 Å². The van der Waals surface area contributed by atoms with Gasteiger partial charge >= 0.3 is 0 Å². The molecular weight excluding hydrogens is 298 g/mol. The maximum absolute atomic E-state index is 12.4. The number of nitrogens with zero attached hydrogens (tertiary/aromatic N) is 1. The molecule has 1 N–H and O–H groups in total. The Bertz CT molecular complexity index is 510. The fourth-order valence-corrected chi connectivity index (χ4v) is 4.47. The molecule has 1 fully saturated rings. The number of aliphatic hydroxyl groups is 1. The SMILES string of the molecule is O=S(=O)(c1ccc(OCCCO)cc1)N1CCSCC1. The molecule has 0 bridgehead atoms. The first-order valence-corrected chi connectivity index (χ1v) is 9.15. The van der Waals surface area contributed by atoms with Gasteiger partial charge in [-0.3, -0.25) is 0 Å². The number of ether oxygens (including phenoxy) is 1. The number of hydrogen-bond donors (Lipinski definition) is 1.